The number of amidine groups is 1. The second kappa shape index (κ2) is 13.4. The van der Waals surface area contributed by atoms with Gasteiger partial charge in [-0.3, -0.25) is 9.69 Å². The lowest BCUT2D eigenvalue weighted by Crippen LogP contribution is -2.31. The minimum Gasteiger partial charge on any atom is -0.465 e. The first-order valence-corrected chi connectivity index (χ1v) is 15.6. The fourth-order valence-electron chi connectivity index (χ4n) is 4.93. The predicted molar refractivity (Wildman–Crippen MR) is 176 cm³/mol. The number of aryl methyl sites for hydroxylation is 1. The molecule has 0 spiro atoms. The first-order valence-electron chi connectivity index (χ1n) is 14.2. The van der Waals surface area contributed by atoms with Gasteiger partial charge in [0, 0.05) is 12.0 Å². The third-order valence-corrected chi connectivity index (χ3v) is 8.41. The number of amides is 2. The van der Waals surface area contributed by atoms with Crippen molar-refractivity contribution in [1.29, 1.82) is 0 Å². The zero-order valence-electron chi connectivity index (χ0n) is 24.9. The van der Waals surface area contributed by atoms with E-state index in [-0.39, 0.29) is 29.0 Å². The summed E-state index contributed by atoms with van der Waals surface area (Å²) in [5.41, 5.74) is 3.64. The summed E-state index contributed by atoms with van der Waals surface area (Å²) in [5.74, 6) is 0.608. The van der Waals surface area contributed by atoms with Crippen LogP contribution in [0.15, 0.2) is 78.0 Å². The third kappa shape index (κ3) is 7.45. The molecule has 14 heteroatoms. The van der Waals surface area contributed by atoms with Gasteiger partial charge < -0.3 is 10.4 Å². The SMILES string of the molecule is Cc1ccc(C(C)C)c(N2C(=O)CSC2=NC(=S)CC(NC(=O)O)c2ccc(-c3ncn(-c4ccc(C(F)(F)F)cc4)n3)cc2)c1. The first-order chi connectivity index (χ1) is 21.8. The Morgan fingerprint density at radius 2 is 1.80 bits per heavy atom. The highest BCUT2D eigenvalue weighted by molar-refractivity contribution is 8.15. The van der Waals surface area contributed by atoms with Crippen LogP contribution in [-0.2, 0) is 11.0 Å². The number of alkyl halides is 3. The monoisotopic (exact) mass is 666 g/mol. The minimum atomic E-state index is -4.44. The van der Waals surface area contributed by atoms with E-state index in [1.165, 1.54) is 34.9 Å². The lowest BCUT2D eigenvalue weighted by molar-refractivity contribution is -0.137. The molecule has 1 atom stereocenters. The number of anilines is 1. The molecule has 9 nitrogen and oxygen atoms in total. The van der Waals surface area contributed by atoms with Crippen molar-refractivity contribution in [3.8, 4) is 17.1 Å². The van der Waals surface area contributed by atoms with Crippen LogP contribution >= 0.6 is 24.0 Å². The number of aliphatic imine (C=N–C) groups is 1. The molecule has 4 aromatic rings. The summed E-state index contributed by atoms with van der Waals surface area (Å²) in [6.45, 7) is 6.06. The molecule has 1 unspecified atom stereocenters. The molecule has 2 amide bonds. The molecule has 0 bridgehead atoms. The molecular formula is C32H29F3N6O3S2. The van der Waals surface area contributed by atoms with Crippen LogP contribution in [0.1, 0.15) is 54.5 Å². The number of aromatic nitrogens is 3. The molecule has 0 radical (unpaired) electrons. The predicted octanol–water partition coefficient (Wildman–Crippen LogP) is 7.55. The normalized spacial score (nSPS) is 15.1. The van der Waals surface area contributed by atoms with E-state index in [1.54, 1.807) is 29.2 Å². The van der Waals surface area contributed by atoms with E-state index in [0.29, 0.717) is 27.8 Å². The zero-order chi connectivity index (χ0) is 33.2. The molecule has 1 aliphatic heterocycles. The number of benzene rings is 3. The second-order valence-corrected chi connectivity index (χ2v) is 12.3. The number of nitrogens with zero attached hydrogens (tertiary/aromatic N) is 5. The molecule has 0 aliphatic carbocycles. The maximum absolute atomic E-state index is 13.0. The quantitative estimate of drug-likeness (QED) is 0.187. The topological polar surface area (TPSA) is 113 Å². The van der Waals surface area contributed by atoms with E-state index in [4.69, 9.17) is 12.2 Å². The van der Waals surface area contributed by atoms with Gasteiger partial charge in [0.1, 0.15) is 11.3 Å². The van der Waals surface area contributed by atoms with E-state index in [9.17, 15) is 27.9 Å². The van der Waals surface area contributed by atoms with Crippen molar-refractivity contribution in [1.82, 2.24) is 20.1 Å². The Kier molecular flexibility index (Phi) is 9.58. The fourth-order valence-corrected chi connectivity index (χ4v) is 6.13. The highest BCUT2D eigenvalue weighted by Gasteiger charge is 2.33. The second-order valence-electron chi connectivity index (χ2n) is 10.9. The van der Waals surface area contributed by atoms with Crippen molar-refractivity contribution in [3.05, 3.63) is 95.3 Å². The van der Waals surface area contributed by atoms with Gasteiger partial charge in [0.25, 0.3) is 0 Å². The average molecular weight is 667 g/mol. The number of thiocarbonyl (C=S) groups is 1. The van der Waals surface area contributed by atoms with Crippen molar-refractivity contribution < 1.29 is 27.9 Å². The van der Waals surface area contributed by atoms with Crippen LogP contribution in [0.5, 0.6) is 0 Å². The van der Waals surface area contributed by atoms with Crippen LogP contribution < -0.4 is 10.2 Å². The van der Waals surface area contributed by atoms with E-state index >= 15 is 0 Å². The van der Waals surface area contributed by atoms with Crippen LogP contribution in [0, 0.1) is 6.92 Å². The lowest BCUT2D eigenvalue weighted by atomic mass is 9.99. The van der Waals surface area contributed by atoms with Crippen molar-refractivity contribution in [2.24, 2.45) is 4.99 Å². The standard InChI is InChI=1S/C32H29F3N6O3S2/c1-18(2)24-13-4-19(3)14-26(24)41-28(42)16-46-30(41)38-27(45)15-25(37-31(43)44)20-5-7-21(8-6-20)29-36-17-40(39-29)23-11-9-22(10-12-23)32(33,34)35/h4-14,17-18,25,37H,15-16H2,1-3H3,(H,43,44). The molecule has 46 heavy (non-hydrogen) atoms. The summed E-state index contributed by atoms with van der Waals surface area (Å²) in [4.78, 5) is 35.3. The zero-order valence-corrected chi connectivity index (χ0v) is 26.6. The molecule has 0 saturated carbocycles. The molecule has 1 saturated heterocycles. The number of hydrogen-bond acceptors (Lipinski definition) is 6. The Morgan fingerprint density at radius 3 is 2.43 bits per heavy atom. The summed E-state index contributed by atoms with van der Waals surface area (Å²) in [7, 11) is 0. The first kappa shape index (κ1) is 32.8. The summed E-state index contributed by atoms with van der Waals surface area (Å²) >= 11 is 6.88. The van der Waals surface area contributed by atoms with Crippen molar-refractivity contribution in [2.75, 3.05) is 10.7 Å². The maximum Gasteiger partial charge on any atom is 0.416 e. The van der Waals surface area contributed by atoms with Gasteiger partial charge in [-0.1, -0.05) is 74.2 Å². The molecule has 2 N–H and O–H groups in total. The molecule has 238 valence electrons. The van der Waals surface area contributed by atoms with Crippen molar-refractivity contribution in [2.45, 2.75) is 45.3 Å². The Bertz CT molecular complexity index is 1810. The highest BCUT2D eigenvalue weighted by Crippen LogP contribution is 2.35. The summed E-state index contributed by atoms with van der Waals surface area (Å²) in [6, 6.07) is 16.7. The van der Waals surface area contributed by atoms with Crippen LogP contribution in [0.25, 0.3) is 17.1 Å². The van der Waals surface area contributed by atoms with Gasteiger partial charge in [0.05, 0.1) is 28.7 Å². The van der Waals surface area contributed by atoms with Gasteiger partial charge in [-0.2, -0.15) is 13.2 Å². The number of hydrogen-bond donors (Lipinski definition) is 2. The van der Waals surface area contributed by atoms with E-state index in [1.807, 2.05) is 25.1 Å². The smallest absolute Gasteiger partial charge is 0.416 e. The summed E-state index contributed by atoms with van der Waals surface area (Å²) in [5, 5.41) is 16.9. The van der Waals surface area contributed by atoms with E-state index in [2.05, 4.69) is 34.2 Å². The molecule has 2 heterocycles. The van der Waals surface area contributed by atoms with Crippen LogP contribution in [-0.4, -0.2) is 47.8 Å². The van der Waals surface area contributed by atoms with Gasteiger partial charge in [0.2, 0.25) is 5.91 Å². The average Bonchev–Trinajstić information content (AvgIpc) is 3.63. The van der Waals surface area contributed by atoms with Gasteiger partial charge in [-0.25, -0.2) is 19.5 Å². The van der Waals surface area contributed by atoms with Gasteiger partial charge in [0.15, 0.2) is 11.0 Å². The Hall–Kier alpha value is -4.56. The molecule has 3 aromatic carbocycles. The van der Waals surface area contributed by atoms with Gasteiger partial charge in [-0.05, 0) is 59.9 Å². The van der Waals surface area contributed by atoms with Crippen molar-refractivity contribution >= 4 is 51.8 Å². The van der Waals surface area contributed by atoms with Gasteiger partial charge >= 0.3 is 12.3 Å². The summed E-state index contributed by atoms with van der Waals surface area (Å²) < 4.78 is 40.1. The third-order valence-electron chi connectivity index (χ3n) is 7.23. The Labute approximate surface area is 272 Å². The highest BCUT2D eigenvalue weighted by atomic mass is 32.2. The summed E-state index contributed by atoms with van der Waals surface area (Å²) in [6.07, 6.45) is -4.21. The van der Waals surface area contributed by atoms with Crippen LogP contribution in [0.2, 0.25) is 0 Å². The number of carboxylic acid groups (broad SMARTS) is 1. The number of carbonyl (C=O) groups excluding carboxylic acids is 1. The number of thioether (sulfide) groups is 1. The fraction of sp³-hybridized carbons (Fsp3) is 0.250. The Balaban J connectivity index is 1.34. The maximum atomic E-state index is 13.0. The molecule has 5 rings (SSSR count). The molecular weight excluding hydrogens is 638 g/mol. The largest absolute Gasteiger partial charge is 0.465 e. The lowest BCUT2D eigenvalue weighted by Gasteiger charge is -2.23. The van der Waals surface area contributed by atoms with E-state index < -0.39 is 23.9 Å². The number of carbonyl (C=O) groups is 2. The van der Waals surface area contributed by atoms with Gasteiger partial charge in [-0.15, -0.1) is 5.10 Å². The van der Waals surface area contributed by atoms with E-state index in [0.717, 1.165) is 28.9 Å². The molecule has 1 aromatic heterocycles. The Morgan fingerprint density at radius 1 is 1.11 bits per heavy atom. The van der Waals surface area contributed by atoms with Crippen molar-refractivity contribution in [3.63, 3.8) is 0 Å². The van der Waals surface area contributed by atoms with Crippen LogP contribution in [0.3, 0.4) is 0 Å². The molecule has 1 fully saturated rings. The number of nitrogens with one attached hydrogen (secondary N) is 1. The van der Waals surface area contributed by atoms with Crippen LogP contribution in [0.4, 0.5) is 23.7 Å². The number of rotatable bonds is 8. The minimum absolute atomic E-state index is 0.0682. The number of halogens is 3. The molecule has 1 aliphatic rings.